The Balaban J connectivity index is 4.42. The number of ether oxygens (including phenoxy) is 1. The van der Waals surface area contributed by atoms with Crippen molar-refractivity contribution in [2.24, 2.45) is 5.92 Å². The molecule has 0 rings (SSSR count). The Morgan fingerprint density at radius 2 is 1.87 bits per heavy atom. The molecule has 1 N–H and O–H groups in total. The molecule has 0 fully saturated rings. The molecule has 0 saturated heterocycles. The Bertz CT molecular complexity index is 259. The van der Waals surface area contributed by atoms with Crippen LogP contribution in [0.2, 0.25) is 0 Å². The third kappa shape index (κ3) is 5.15. The molecule has 5 heteroatoms. The van der Waals surface area contributed by atoms with Gasteiger partial charge in [0.25, 0.3) is 0 Å². The standard InChI is InChI=1S/C10H16O5/c1-4-6(2)15-10(14)8(7(3)11)5-9(12)13/h6,8H,4-5H2,1-3H3,(H,12,13). The lowest BCUT2D eigenvalue weighted by Crippen LogP contribution is -2.29. The van der Waals surface area contributed by atoms with Crippen LogP contribution in [0.4, 0.5) is 0 Å². The highest BCUT2D eigenvalue weighted by Gasteiger charge is 2.28. The lowest BCUT2D eigenvalue weighted by atomic mass is 10.0. The number of hydrogen-bond acceptors (Lipinski definition) is 4. The second-order valence-corrected chi connectivity index (χ2v) is 3.42. The molecule has 0 aromatic heterocycles. The first-order chi connectivity index (χ1) is 6.88. The quantitative estimate of drug-likeness (QED) is 0.529. The number of carboxylic acids is 1. The van der Waals surface area contributed by atoms with Crippen LogP contribution >= 0.6 is 0 Å². The number of carbonyl (C=O) groups excluding carboxylic acids is 2. The lowest BCUT2D eigenvalue weighted by molar-refractivity contribution is -0.159. The molecule has 0 aliphatic carbocycles. The number of aliphatic carboxylic acids is 1. The van der Waals surface area contributed by atoms with E-state index in [-0.39, 0.29) is 6.10 Å². The van der Waals surface area contributed by atoms with Crippen molar-refractivity contribution < 1.29 is 24.2 Å². The fourth-order valence-corrected chi connectivity index (χ4v) is 0.931. The van der Waals surface area contributed by atoms with E-state index < -0.39 is 30.1 Å². The van der Waals surface area contributed by atoms with Crippen molar-refractivity contribution in [2.45, 2.75) is 39.7 Å². The second kappa shape index (κ2) is 6.16. The summed E-state index contributed by atoms with van der Waals surface area (Å²) >= 11 is 0. The van der Waals surface area contributed by atoms with Gasteiger partial charge >= 0.3 is 11.9 Å². The summed E-state index contributed by atoms with van der Waals surface area (Å²) in [6, 6.07) is 0. The van der Waals surface area contributed by atoms with Crippen LogP contribution in [0, 0.1) is 5.92 Å². The molecular formula is C10H16O5. The number of Topliss-reactive ketones (excluding diaryl/α,β-unsaturated/α-hetero) is 1. The van der Waals surface area contributed by atoms with Crippen LogP contribution in [0.1, 0.15) is 33.6 Å². The van der Waals surface area contributed by atoms with Gasteiger partial charge in [0.1, 0.15) is 11.7 Å². The number of rotatable bonds is 6. The van der Waals surface area contributed by atoms with Gasteiger partial charge in [-0.2, -0.15) is 0 Å². The summed E-state index contributed by atoms with van der Waals surface area (Å²) in [5, 5.41) is 8.51. The summed E-state index contributed by atoms with van der Waals surface area (Å²) in [6.07, 6.45) is -0.179. The summed E-state index contributed by atoms with van der Waals surface area (Å²) in [4.78, 5) is 32.8. The Labute approximate surface area is 88.4 Å². The molecule has 0 aliphatic heterocycles. The minimum absolute atomic E-state index is 0.298. The molecule has 0 saturated carbocycles. The van der Waals surface area contributed by atoms with Gasteiger partial charge in [-0.25, -0.2) is 0 Å². The largest absolute Gasteiger partial charge is 0.481 e. The average Bonchev–Trinajstić information content (AvgIpc) is 2.12. The van der Waals surface area contributed by atoms with Crippen molar-refractivity contribution in [1.82, 2.24) is 0 Å². The molecule has 0 spiro atoms. The topological polar surface area (TPSA) is 80.7 Å². The highest BCUT2D eigenvalue weighted by Crippen LogP contribution is 2.10. The Morgan fingerprint density at radius 1 is 1.33 bits per heavy atom. The number of hydrogen-bond donors (Lipinski definition) is 1. The summed E-state index contributed by atoms with van der Waals surface area (Å²) in [7, 11) is 0. The van der Waals surface area contributed by atoms with Crippen LogP contribution in [0.5, 0.6) is 0 Å². The van der Waals surface area contributed by atoms with Gasteiger partial charge in [0.2, 0.25) is 0 Å². The van der Waals surface area contributed by atoms with E-state index in [4.69, 9.17) is 9.84 Å². The molecule has 0 aliphatic rings. The monoisotopic (exact) mass is 216 g/mol. The molecule has 2 atom stereocenters. The van der Waals surface area contributed by atoms with Crippen LogP contribution in [-0.2, 0) is 19.1 Å². The normalized spacial score (nSPS) is 14.1. The van der Waals surface area contributed by atoms with E-state index >= 15 is 0 Å². The number of carboxylic acid groups (broad SMARTS) is 1. The maximum Gasteiger partial charge on any atom is 0.317 e. The molecule has 0 radical (unpaired) electrons. The zero-order valence-corrected chi connectivity index (χ0v) is 9.15. The summed E-state index contributed by atoms with van der Waals surface area (Å²) < 4.78 is 4.90. The molecule has 0 aromatic carbocycles. The minimum Gasteiger partial charge on any atom is -0.481 e. The van der Waals surface area contributed by atoms with Gasteiger partial charge in [-0.05, 0) is 20.3 Å². The Morgan fingerprint density at radius 3 is 2.20 bits per heavy atom. The highest BCUT2D eigenvalue weighted by molar-refractivity contribution is 6.00. The van der Waals surface area contributed by atoms with Crippen LogP contribution in [-0.4, -0.2) is 28.9 Å². The van der Waals surface area contributed by atoms with Crippen molar-refractivity contribution in [1.29, 1.82) is 0 Å². The molecule has 86 valence electrons. The first-order valence-corrected chi connectivity index (χ1v) is 4.81. The van der Waals surface area contributed by atoms with E-state index in [1.165, 1.54) is 6.92 Å². The molecule has 5 nitrogen and oxygen atoms in total. The SMILES string of the molecule is CCC(C)OC(=O)C(CC(=O)O)C(C)=O. The van der Waals surface area contributed by atoms with Gasteiger partial charge in [0.05, 0.1) is 12.5 Å². The van der Waals surface area contributed by atoms with Crippen LogP contribution in [0.3, 0.4) is 0 Å². The molecule has 0 aromatic rings. The van der Waals surface area contributed by atoms with E-state index in [1.807, 2.05) is 6.92 Å². The van der Waals surface area contributed by atoms with E-state index in [2.05, 4.69) is 0 Å². The predicted octanol–water partition coefficient (Wildman–Crippen LogP) is 1.01. The van der Waals surface area contributed by atoms with Gasteiger partial charge in [0.15, 0.2) is 0 Å². The van der Waals surface area contributed by atoms with Crippen LogP contribution < -0.4 is 0 Å². The molecule has 0 amide bonds. The smallest absolute Gasteiger partial charge is 0.317 e. The van der Waals surface area contributed by atoms with Crippen molar-refractivity contribution >= 4 is 17.7 Å². The average molecular weight is 216 g/mol. The fourth-order valence-electron chi connectivity index (χ4n) is 0.931. The molecule has 15 heavy (non-hydrogen) atoms. The summed E-state index contributed by atoms with van der Waals surface area (Å²) in [6.45, 7) is 4.71. The van der Waals surface area contributed by atoms with E-state index in [0.717, 1.165) is 0 Å². The van der Waals surface area contributed by atoms with Crippen molar-refractivity contribution in [3.8, 4) is 0 Å². The summed E-state index contributed by atoms with van der Waals surface area (Å²) in [5.41, 5.74) is 0. The Kier molecular flexibility index (Phi) is 5.59. The number of carbonyl (C=O) groups is 3. The zero-order valence-electron chi connectivity index (χ0n) is 9.15. The van der Waals surface area contributed by atoms with Gasteiger partial charge in [0, 0.05) is 0 Å². The number of esters is 1. The highest BCUT2D eigenvalue weighted by atomic mass is 16.5. The Hall–Kier alpha value is -1.39. The van der Waals surface area contributed by atoms with Crippen molar-refractivity contribution in [3.05, 3.63) is 0 Å². The third-order valence-electron chi connectivity index (χ3n) is 2.05. The molecular weight excluding hydrogens is 200 g/mol. The maximum atomic E-state index is 11.4. The molecule has 0 bridgehead atoms. The van der Waals surface area contributed by atoms with Gasteiger partial charge in [-0.15, -0.1) is 0 Å². The predicted molar refractivity (Wildman–Crippen MR) is 52.3 cm³/mol. The first-order valence-electron chi connectivity index (χ1n) is 4.81. The van der Waals surface area contributed by atoms with Gasteiger partial charge < -0.3 is 9.84 Å². The number of ketones is 1. The van der Waals surface area contributed by atoms with E-state index in [9.17, 15) is 14.4 Å². The maximum absolute atomic E-state index is 11.4. The minimum atomic E-state index is -1.18. The second-order valence-electron chi connectivity index (χ2n) is 3.42. The van der Waals surface area contributed by atoms with Crippen molar-refractivity contribution in [2.75, 3.05) is 0 Å². The fraction of sp³-hybridized carbons (Fsp3) is 0.700. The zero-order chi connectivity index (χ0) is 12.0. The van der Waals surface area contributed by atoms with E-state index in [0.29, 0.717) is 6.42 Å². The lowest BCUT2D eigenvalue weighted by Gasteiger charge is -2.15. The summed E-state index contributed by atoms with van der Waals surface area (Å²) in [5.74, 6) is -3.60. The van der Waals surface area contributed by atoms with Gasteiger partial charge in [-0.3, -0.25) is 14.4 Å². The van der Waals surface area contributed by atoms with E-state index in [1.54, 1.807) is 6.92 Å². The van der Waals surface area contributed by atoms with Gasteiger partial charge in [-0.1, -0.05) is 6.92 Å². The van der Waals surface area contributed by atoms with Crippen LogP contribution in [0.15, 0.2) is 0 Å². The molecule has 2 unspecified atom stereocenters. The molecule has 0 heterocycles. The first kappa shape index (κ1) is 13.6. The van der Waals surface area contributed by atoms with Crippen molar-refractivity contribution in [3.63, 3.8) is 0 Å². The third-order valence-corrected chi connectivity index (χ3v) is 2.05. The van der Waals surface area contributed by atoms with Crippen LogP contribution in [0.25, 0.3) is 0 Å².